The molecule has 20 heteroatoms. The second kappa shape index (κ2) is 21.1. The molecule has 1 saturated heterocycles. The molecule has 270 valence electrons. The molecule has 3 N–H and O–H groups in total. The van der Waals surface area contributed by atoms with E-state index in [0.29, 0.717) is 5.56 Å². The Balaban J connectivity index is 2.18. The number of hydrogen-bond donors (Lipinski definition) is 3. The zero-order valence-electron chi connectivity index (χ0n) is 27.3. The standard InChI is InChI=1S/C29H39N5O15/c1-16(36)45-24-25(46-17(2)37)27(47-18(3)38)29(49-26(24)28(41)42-4)48-21-6-5-19(14-35)13-20(21)33-22(39)7-8-31-23(40)15-44-12-11-43-10-9-32-34-30/h5-6,13,24-27,29,35H,7-12,14-15H2,1-4H3,(H,31,40)(H,33,39)/t24-,25-,26-,27+,29+/m0/s1. The van der Waals surface area contributed by atoms with E-state index in [1.165, 1.54) is 18.2 Å². The number of nitrogens with zero attached hydrogens (tertiary/aromatic N) is 3. The summed E-state index contributed by atoms with van der Waals surface area (Å²) >= 11 is 0. The minimum atomic E-state index is -1.71. The normalized spacial score (nSPS) is 19.7. The number of aliphatic hydroxyl groups is 1. The van der Waals surface area contributed by atoms with Gasteiger partial charge in [-0.1, -0.05) is 11.2 Å². The number of aliphatic hydroxyl groups excluding tert-OH is 1. The maximum Gasteiger partial charge on any atom is 0.339 e. The van der Waals surface area contributed by atoms with E-state index >= 15 is 0 Å². The molecule has 0 saturated carbocycles. The van der Waals surface area contributed by atoms with E-state index in [1.54, 1.807) is 0 Å². The fourth-order valence-corrected chi connectivity index (χ4v) is 4.29. The Hall–Kier alpha value is -5.01. The summed E-state index contributed by atoms with van der Waals surface area (Å²) in [7, 11) is 1.04. The summed E-state index contributed by atoms with van der Waals surface area (Å²) in [5, 5.41) is 18.1. The lowest BCUT2D eigenvalue weighted by Crippen LogP contribution is -2.64. The van der Waals surface area contributed by atoms with Gasteiger partial charge in [-0.3, -0.25) is 24.0 Å². The first-order chi connectivity index (χ1) is 23.4. The van der Waals surface area contributed by atoms with Crippen LogP contribution in [0.2, 0.25) is 0 Å². The molecule has 2 rings (SSSR count). The van der Waals surface area contributed by atoms with Gasteiger partial charge in [-0.05, 0) is 23.2 Å². The molecule has 1 fully saturated rings. The third-order valence-corrected chi connectivity index (χ3v) is 6.26. The molecular formula is C29H39N5O15. The highest BCUT2D eigenvalue weighted by Gasteiger charge is 2.56. The monoisotopic (exact) mass is 697 g/mol. The zero-order valence-corrected chi connectivity index (χ0v) is 27.3. The summed E-state index contributed by atoms with van der Waals surface area (Å²) in [5.41, 5.74) is 8.57. The number of esters is 4. The van der Waals surface area contributed by atoms with Crippen LogP contribution < -0.4 is 15.4 Å². The first-order valence-corrected chi connectivity index (χ1v) is 14.8. The third kappa shape index (κ3) is 13.9. The van der Waals surface area contributed by atoms with E-state index in [2.05, 4.69) is 20.7 Å². The molecule has 0 bridgehead atoms. The summed E-state index contributed by atoms with van der Waals surface area (Å²) in [6.07, 6.45) is -8.43. The molecule has 49 heavy (non-hydrogen) atoms. The predicted molar refractivity (Wildman–Crippen MR) is 162 cm³/mol. The number of azide groups is 1. The Morgan fingerprint density at radius 3 is 2.20 bits per heavy atom. The number of carbonyl (C=O) groups excluding carboxylic acids is 6. The van der Waals surface area contributed by atoms with Crippen molar-refractivity contribution in [2.45, 2.75) is 64.5 Å². The molecule has 0 unspecified atom stereocenters. The second-order valence-electron chi connectivity index (χ2n) is 10.0. The van der Waals surface area contributed by atoms with Gasteiger partial charge < -0.3 is 53.6 Å². The van der Waals surface area contributed by atoms with E-state index in [0.717, 1.165) is 27.9 Å². The highest BCUT2D eigenvalue weighted by molar-refractivity contribution is 5.93. The molecule has 0 aliphatic carbocycles. The second-order valence-corrected chi connectivity index (χ2v) is 10.0. The SMILES string of the molecule is COC(=O)[C@H]1O[C@@H](Oc2ccc(CO)cc2NC(=O)CCNC(=O)COCCOCCN=[N+]=[N-])[C@H](OC(C)=O)[C@@H](OC(C)=O)[C@@H]1OC(C)=O. The number of carbonyl (C=O) groups is 6. The smallest absolute Gasteiger partial charge is 0.339 e. The van der Waals surface area contributed by atoms with Crippen molar-refractivity contribution in [2.24, 2.45) is 5.11 Å². The topological polar surface area (TPSA) is 269 Å². The maximum atomic E-state index is 12.8. The van der Waals surface area contributed by atoms with Crippen LogP contribution in [0, 0.1) is 0 Å². The number of benzene rings is 1. The van der Waals surface area contributed by atoms with Crippen LogP contribution in [-0.4, -0.2) is 118 Å². The van der Waals surface area contributed by atoms with Gasteiger partial charge in [0.15, 0.2) is 18.3 Å². The number of anilines is 1. The number of nitrogens with one attached hydrogen (secondary N) is 2. The maximum absolute atomic E-state index is 12.8. The molecule has 5 atom stereocenters. The Morgan fingerprint density at radius 2 is 1.57 bits per heavy atom. The van der Waals surface area contributed by atoms with Crippen molar-refractivity contribution in [3.63, 3.8) is 0 Å². The van der Waals surface area contributed by atoms with Gasteiger partial charge in [-0.25, -0.2) is 4.79 Å². The van der Waals surface area contributed by atoms with Crippen LogP contribution >= 0.6 is 0 Å². The molecule has 0 radical (unpaired) electrons. The summed E-state index contributed by atoms with van der Waals surface area (Å²) in [6, 6.07) is 4.17. The van der Waals surface area contributed by atoms with Gasteiger partial charge in [0, 0.05) is 45.2 Å². The van der Waals surface area contributed by atoms with Gasteiger partial charge in [-0.2, -0.15) is 0 Å². The molecule has 0 aromatic heterocycles. The van der Waals surface area contributed by atoms with Crippen LogP contribution in [0.3, 0.4) is 0 Å². The molecular weight excluding hydrogens is 658 g/mol. The number of rotatable bonds is 19. The highest BCUT2D eigenvalue weighted by Crippen LogP contribution is 2.34. The Labute approximate surface area is 280 Å². The molecule has 1 aromatic rings. The van der Waals surface area contributed by atoms with Crippen molar-refractivity contribution in [1.82, 2.24) is 5.32 Å². The van der Waals surface area contributed by atoms with E-state index < -0.39 is 73.0 Å². The lowest BCUT2D eigenvalue weighted by atomic mass is 9.97. The molecule has 20 nitrogen and oxygen atoms in total. The van der Waals surface area contributed by atoms with Crippen LogP contribution in [0.4, 0.5) is 5.69 Å². The molecule has 1 heterocycles. The van der Waals surface area contributed by atoms with Gasteiger partial charge in [0.25, 0.3) is 0 Å². The van der Waals surface area contributed by atoms with E-state index in [9.17, 15) is 33.9 Å². The van der Waals surface area contributed by atoms with E-state index in [1.807, 2.05) is 0 Å². The van der Waals surface area contributed by atoms with Crippen LogP contribution in [0.1, 0.15) is 32.8 Å². The van der Waals surface area contributed by atoms with Crippen LogP contribution in [0.25, 0.3) is 10.4 Å². The van der Waals surface area contributed by atoms with Crippen molar-refractivity contribution in [3.05, 3.63) is 34.2 Å². The molecule has 1 aliphatic heterocycles. The van der Waals surface area contributed by atoms with E-state index in [-0.39, 0.29) is 57.4 Å². The lowest BCUT2D eigenvalue weighted by molar-refractivity contribution is -0.282. The summed E-state index contributed by atoms with van der Waals surface area (Å²) in [5.74, 6) is -4.84. The van der Waals surface area contributed by atoms with Crippen molar-refractivity contribution in [1.29, 1.82) is 0 Å². The molecule has 2 amide bonds. The zero-order chi connectivity index (χ0) is 36.3. The predicted octanol–water partition coefficient (Wildman–Crippen LogP) is 0.0390. The third-order valence-electron chi connectivity index (χ3n) is 6.26. The minimum absolute atomic E-state index is 0.0117. The fraction of sp³-hybridized carbons (Fsp3) is 0.586. The van der Waals surface area contributed by atoms with Crippen LogP contribution in [-0.2, 0) is 68.5 Å². The van der Waals surface area contributed by atoms with Gasteiger partial charge in [0.2, 0.25) is 24.2 Å². The first kappa shape index (κ1) is 40.2. The molecule has 0 spiro atoms. The van der Waals surface area contributed by atoms with Crippen LogP contribution in [0.5, 0.6) is 5.75 Å². The average molecular weight is 698 g/mol. The van der Waals surface area contributed by atoms with E-state index in [4.69, 9.17) is 43.4 Å². The van der Waals surface area contributed by atoms with Gasteiger partial charge in [0.1, 0.15) is 12.4 Å². The van der Waals surface area contributed by atoms with Gasteiger partial charge in [0.05, 0.1) is 39.2 Å². The number of methoxy groups -OCH3 is 1. The minimum Gasteiger partial charge on any atom is -0.467 e. The van der Waals surface area contributed by atoms with Crippen molar-refractivity contribution in [3.8, 4) is 5.75 Å². The number of ether oxygens (including phenoxy) is 8. The Kier molecular flexibility index (Phi) is 17.3. The Morgan fingerprint density at radius 1 is 0.918 bits per heavy atom. The molecule has 1 aliphatic rings. The van der Waals surface area contributed by atoms with Gasteiger partial charge in [-0.15, -0.1) is 0 Å². The summed E-state index contributed by atoms with van der Waals surface area (Å²) in [4.78, 5) is 76.2. The van der Waals surface area contributed by atoms with Crippen LogP contribution in [0.15, 0.2) is 23.3 Å². The first-order valence-electron chi connectivity index (χ1n) is 14.8. The number of hydrogen-bond acceptors (Lipinski definition) is 16. The summed E-state index contributed by atoms with van der Waals surface area (Å²) < 4.78 is 42.8. The number of amides is 2. The fourth-order valence-electron chi connectivity index (χ4n) is 4.29. The van der Waals surface area contributed by atoms with Crippen molar-refractivity contribution < 1.29 is 71.8 Å². The van der Waals surface area contributed by atoms with Crippen molar-refractivity contribution in [2.75, 3.05) is 51.9 Å². The quantitative estimate of drug-likeness (QED) is 0.0430. The Bertz CT molecular complexity index is 1370. The van der Waals surface area contributed by atoms with Gasteiger partial charge >= 0.3 is 23.9 Å². The lowest BCUT2D eigenvalue weighted by Gasteiger charge is -2.43. The molecule has 1 aromatic carbocycles. The highest BCUT2D eigenvalue weighted by atomic mass is 16.7. The summed E-state index contributed by atoms with van der Waals surface area (Å²) in [6.45, 7) is 3.02. The average Bonchev–Trinajstić information content (AvgIpc) is 3.04. The van der Waals surface area contributed by atoms with Crippen molar-refractivity contribution >= 4 is 41.4 Å². The largest absolute Gasteiger partial charge is 0.467 e.